The van der Waals surface area contributed by atoms with E-state index >= 15 is 0 Å². The number of nitrogen functional groups attached to an aromatic ring is 1. The maximum Gasteiger partial charge on any atom is 0.270 e. The molecule has 0 aliphatic carbocycles. The highest BCUT2D eigenvalue weighted by atomic mass is 16.2. The zero-order chi connectivity index (χ0) is 13.9. The van der Waals surface area contributed by atoms with Crippen LogP contribution in [0.1, 0.15) is 50.6 Å². The lowest BCUT2D eigenvalue weighted by atomic mass is 10.1. The summed E-state index contributed by atoms with van der Waals surface area (Å²) in [4.78, 5) is 14.2. The smallest absolute Gasteiger partial charge is 0.270 e. The van der Waals surface area contributed by atoms with Gasteiger partial charge in [0.1, 0.15) is 5.69 Å². The summed E-state index contributed by atoms with van der Waals surface area (Å²) >= 11 is 0. The van der Waals surface area contributed by atoms with Crippen molar-refractivity contribution in [3.8, 4) is 0 Å². The minimum absolute atomic E-state index is 0.0423. The molecule has 18 heavy (non-hydrogen) atoms. The largest absolute Gasteiger partial charge is 0.397 e. The molecule has 4 heteroatoms. The molecule has 0 aliphatic rings. The Labute approximate surface area is 110 Å². The molecule has 1 heterocycles. The van der Waals surface area contributed by atoms with Gasteiger partial charge in [-0.2, -0.15) is 0 Å². The second kappa shape index (κ2) is 5.94. The first kappa shape index (κ1) is 14.6. The van der Waals surface area contributed by atoms with Crippen LogP contribution in [0.5, 0.6) is 0 Å². The molecule has 0 fully saturated rings. The Bertz CT molecular complexity index is 409. The van der Waals surface area contributed by atoms with E-state index in [9.17, 15) is 4.79 Å². The molecule has 2 N–H and O–H groups in total. The van der Waals surface area contributed by atoms with Gasteiger partial charge in [-0.15, -0.1) is 0 Å². The van der Waals surface area contributed by atoms with Gasteiger partial charge in [0, 0.05) is 25.8 Å². The number of carbonyl (C=O) groups is 1. The van der Waals surface area contributed by atoms with Crippen LogP contribution in [0.4, 0.5) is 5.69 Å². The molecule has 1 atom stereocenters. The second-order valence-electron chi connectivity index (χ2n) is 5.36. The summed E-state index contributed by atoms with van der Waals surface area (Å²) in [5.74, 6) is 0.555. The zero-order valence-electron chi connectivity index (χ0n) is 12.1. The maximum atomic E-state index is 12.4. The van der Waals surface area contributed by atoms with Gasteiger partial charge >= 0.3 is 0 Å². The van der Waals surface area contributed by atoms with Crippen molar-refractivity contribution < 1.29 is 4.79 Å². The lowest BCUT2D eigenvalue weighted by Crippen LogP contribution is -2.32. The van der Waals surface area contributed by atoms with Gasteiger partial charge in [0.2, 0.25) is 0 Å². The molecule has 0 spiro atoms. The first-order chi connectivity index (χ1) is 8.36. The number of aromatic nitrogens is 1. The first-order valence-electron chi connectivity index (χ1n) is 6.59. The average molecular weight is 251 g/mol. The van der Waals surface area contributed by atoms with Gasteiger partial charge in [-0.3, -0.25) is 4.79 Å². The van der Waals surface area contributed by atoms with Gasteiger partial charge in [-0.05, 0) is 25.8 Å². The van der Waals surface area contributed by atoms with Crippen molar-refractivity contribution in [2.75, 3.05) is 19.3 Å². The van der Waals surface area contributed by atoms with Gasteiger partial charge in [0.05, 0.1) is 5.69 Å². The van der Waals surface area contributed by atoms with E-state index in [0.717, 1.165) is 13.0 Å². The fourth-order valence-electron chi connectivity index (χ4n) is 1.97. The quantitative estimate of drug-likeness (QED) is 0.874. The van der Waals surface area contributed by atoms with Crippen molar-refractivity contribution in [3.05, 3.63) is 18.0 Å². The predicted octanol–water partition coefficient (Wildman–Crippen LogP) is 2.77. The van der Waals surface area contributed by atoms with E-state index in [0.29, 0.717) is 17.3 Å². The number of nitrogens with two attached hydrogens (primary N) is 1. The molecule has 4 nitrogen and oxygen atoms in total. The average Bonchev–Trinajstić information content (AvgIpc) is 2.70. The number of hydrogen-bond acceptors (Lipinski definition) is 2. The summed E-state index contributed by atoms with van der Waals surface area (Å²) in [5, 5.41) is 0. The molecule has 1 rings (SSSR count). The standard InChI is InChI=1S/C14H25N3O/c1-6-11(4)8-16(5)14(18)13-7-12(15)9-17(13)10(2)3/h7,9-11H,6,8,15H2,1-5H3. The summed E-state index contributed by atoms with van der Waals surface area (Å²) in [6.07, 6.45) is 2.90. The highest BCUT2D eigenvalue weighted by molar-refractivity contribution is 5.93. The molecular weight excluding hydrogens is 226 g/mol. The molecule has 102 valence electrons. The molecular formula is C14H25N3O. The third-order valence-corrected chi connectivity index (χ3v) is 3.27. The van der Waals surface area contributed by atoms with Gasteiger partial charge in [-0.25, -0.2) is 0 Å². The number of amides is 1. The Morgan fingerprint density at radius 3 is 2.56 bits per heavy atom. The van der Waals surface area contributed by atoms with Crippen LogP contribution >= 0.6 is 0 Å². The lowest BCUT2D eigenvalue weighted by Gasteiger charge is -2.22. The van der Waals surface area contributed by atoms with Crippen molar-refractivity contribution in [2.45, 2.75) is 40.2 Å². The highest BCUT2D eigenvalue weighted by Gasteiger charge is 2.19. The van der Waals surface area contributed by atoms with Crippen molar-refractivity contribution >= 4 is 11.6 Å². The molecule has 0 radical (unpaired) electrons. The summed E-state index contributed by atoms with van der Waals surface area (Å²) < 4.78 is 1.94. The normalized spacial score (nSPS) is 12.8. The van der Waals surface area contributed by atoms with Crippen LogP contribution in [-0.2, 0) is 0 Å². The van der Waals surface area contributed by atoms with Crippen LogP contribution in [0, 0.1) is 5.92 Å². The van der Waals surface area contributed by atoms with E-state index in [4.69, 9.17) is 5.73 Å². The molecule has 1 unspecified atom stereocenters. The fraction of sp³-hybridized carbons (Fsp3) is 0.643. The van der Waals surface area contributed by atoms with Crippen molar-refractivity contribution in [2.24, 2.45) is 5.92 Å². The fourth-order valence-corrected chi connectivity index (χ4v) is 1.97. The SMILES string of the molecule is CCC(C)CN(C)C(=O)c1cc(N)cn1C(C)C. The number of anilines is 1. The molecule has 0 saturated carbocycles. The summed E-state index contributed by atoms with van der Waals surface area (Å²) in [6, 6.07) is 1.99. The first-order valence-corrected chi connectivity index (χ1v) is 6.59. The third kappa shape index (κ3) is 3.28. The number of hydrogen-bond donors (Lipinski definition) is 1. The number of rotatable bonds is 5. The molecule has 1 aromatic rings. The maximum absolute atomic E-state index is 12.4. The summed E-state index contributed by atoms with van der Waals surface area (Å²) in [7, 11) is 1.85. The van der Waals surface area contributed by atoms with Crippen molar-refractivity contribution in [1.82, 2.24) is 9.47 Å². The Morgan fingerprint density at radius 2 is 2.06 bits per heavy atom. The van der Waals surface area contributed by atoms with E-state index in [1.165, 1.54) is 0 Å². The number of nitrogens with zero attached hydrogens (tertiary/aromatic N) is 2. The Morgan fingerprint density at radius 1 is 1.44 bits per heavy atom. The molecule has 0 aliphatic heterocycles. The molecule has 0 bridgehead atoms. The van der Waals surface area contributed by atoms with Gasteiger partial charge in [-0.1, -0.05) is 20.3 Å². The van der Waals surface area contributed by atoms with Crippen LogP contribution in [0.25, 0.3) is 0 Å². The minimum atomic E-state index is 0.0423. The number of carbonyl (C=O) groups excluding carboxylic acids is 1. The molecule has 0 saturated heterocycles. The van der Waals surface area contributed by atoms with Crippen LogP contribution in [-0.4, -0.2) is 29.0 Å². The summed E-state index contributed by atoms with van der Waals surface area (Å²) in [6.45, 7) is 9.16. The molecule has 1 amide bonds. The van der Waals surface area contributed by atoms with E-state index in [1.54, 1.807) is 11.0 Å². The van der Waals surface area contributed by atoms with Crippen molar-refractivity contribution in [1.29, 1.82) is 0 Å². The van der Waals surface area contributed by atoms with Gasteiger partial charge in [0.25, 0.3) is 5.91 Å². The van der Waals surface area contributed by atoms with E-state index in [-0.39, 0.29) is 11.9 Å². The molecule has 0 aromatic carbocycles. The van der Waals surface area contributed by atoms with Gasteiger partial charge < -0.3 is 15.2 Å². The van der Waals surface area contributed by atoms with Crippen molar-refractivity contribution in [3.63, 3.8) is 0 Å². The molecule has 1 aromatic heterocycles. The topological polar surface area (TPSA) is 51.3 Å². The second-order valence-corrected chi connectivity index (χ2v) is 5.36. The summed E-state index contributed by atoms with van der Waals surface area (Å²) in [5.41, 5.74) is 7.11. The highest BCUT2D eigenvalue weighted by Crippen LogP contribution is 2.18. The Kier molecular flexibility index (Phi) is 4.82. The van der Waals surface area contributed by atoms with E-state index < -0.39 is 0 Å². The van der Waals surface area contributed by atoms with Gasteiger partial charge in [0.15, 0.2) is 0 Å². The van der Waals surface area contributed by atoms with Crippen LogP contribution in [0.15, 0.2) is 12.3 Å². The Hall–Kier alpha value is -1.45. The zero-order valence-corrected chi connectivity index (χ0v) is 12.1. The lowest BCUT2D eigenvalue weighted by molar-refractivity contribution is 0.0762. The predicted molar refractivity (Wildman–Crippen MR) is 75.6 cm³/mol. The minimum Gasteiger partial charge on any atom is -0.397 e. The van der Waals surface area contributed by atoms with E-state index in [2.05, 4.69) is 13.8 Å². The van der Waals surface area contributed by atoms with Crippen LogP contribution in [0.2, 0.25) is 0 Å². The van der Waals surface area contributed by atoms with Crippen LogP contribution in [0.3, 0.4) is 0 Å². The van der Waals surface area contributed by atoms with E-state index in [1.807, 2.05) is 31.7 Å². The van der Waals surface area contributed by atoms with Crippen LogP contribution < -0.4 is 5.73 Å². The Balaban J connectivity index is 2.89. The monoisotopic (exact) mass is 251 g/mol. The third-order valence-electron chi connectivity index (χ3n) is 3.27.